The molecule has 1 aliphatic rings. The van der Waals surface area contributed by atoms with Crippen LogP contribution in [0.15, 0.2) is 35.2 Å². The van der Waals surface area contributed by atoms with Crippen LogP contribution >= 0.6 is 0 Å². The van der Waals surface area contributed by atoms with Crippen molar-refractivity contribution in [1.82, 2.24) is 29.5 Å². The van der Waals surface area contributed by atoms with E-state index in [9.17, 15) is 0 Å². The van der Waals surface area contributed by atoms with Crippen molar-refractivity contribution in [1.29, 1.82) is 0 Å². The molecule has 10 nitrogen and oxygen atoms in total. The molecule has 0 saturated carbocycles. The topological polar surface area (TPSA) is 102 Å². The van der Waals surface area contributed by atoms with Gasteiger partial charge in [0.2, 0.25) is 0 Å². The Bertz CT molecular complexity index is 1220. The van der Waals surface area contributed by atoms with Crippen molar-refractivity contribution >= 4 is 0 Å². The molecule has 0 unspecified atom stereocenters. The molecule has 0 radical (unpaired) electrons. The lowest BCUT2D eigenvalue weighted by molar-refractivity contribution is 0.174. The second-order valence-electron chi connectivity index (χ2n) is 7.18. The zero-order valence-corrected chi connectivity index (χ0v) is 17.5. The van der Waals surface area contributed by atoms with E-state index in [0.717, 1.165) is 34.0 Å². The first-order chi connectivity index (χ1) is 15.2. The molecule has 0 fully saturated rings. The Balaban J connectivity index is 1.66. The molecule has 1 aromatic carbocycles. The lowest BCUT2D eigenvalue weighted by atomic mass is 10.0. The van der Waals surface area contributed by atoms with Crippen LogP contribution in [0.25, 0.3) is 28.5 Å². The maximum Gasteiger partial charge on any atom is 0.278 e. The monoisotopic (exact) mass is 422 g/mol. The standard InChI is InChI=1S/C21H22N6O4/c1-28-7-6-26-10-13-8-17-20(21-23-18(11-29-2)25-31-21)22-12-27(17)16-5-4-14(30-3)9-15(16)19(13)24-26/h4-5,9-10,12H,6-8,11H2,1-3H3. The number of rotatable bonds is 7. The van der Waals surface area contributed by atoms with Gasteiger partial charge in [0.15, 0.2) is 11.5 Å². The van der Waals surface area contributed by atoms with Gasteiger partial charge >= 0.3 is 0 Å². The second-order valence-corrected chi connectivity index (χ2v) is 7.18. The Morgan fingerprint density at radius 1 is 1.13 bits per heavy atom. The van der Waals surface area contributed by atoms with Crippen molar-refractivity contribution in [3.05, 3.63) is 47.8 Å². The molecule has 10 heteroatoms. The predicted octanol–water partition coefficient (Wildman–Crippen LogP) is 2.49. The van der Waals surface area contributed by atoms with E-state index in [4.69, 9.17) is 23.8 Å². The summed E-state index contributed by atoms with van der Waals surface area (Å²) >= 11 is 0. The largest absolute Gasteiger partial charge is 0.497 e. The SMILES string of the molecule is COCCn1cc2c(n1)-c1cc(OC)ccc1-n1cnc(-c3nc(COC)no3)c1C2. The van der Waals surface area contributed by atoms with E-state index in [1.54, 1.807) is 27.7 Å². The van der Waals surface area contributed by atoms with Crippen LogP contribution in [0.4, 0.5) is 0 Å². The van der Waals surface area contributed by atoms with E-state index in [0.29, 0.717) is 37.0 Å². The molecule has 160 valence electrons. The number of ether oxygens (including phenoxy) is 3. The van der Waals surface area contributed by atoms with Crippen LogP contribution in [0, 0.1) is 0 Å². The Morgan fingerprint density at radius 2 is 2.03 bits per heavy atom. The smallest absolute Gasteiger partial charge is 0.278 e. The van der Waals surface area contributed by atoms with E-state index >= 15 is 0 Å². The van der Waals surface area contributed by atoms with Crippen LogP contribution in [0.5, 0.6) is 5.75 Å². The van der Waals surface area contributed by atoms with Crippen molar-refractivity contribution in [2.24, 2.45) is 0 Å². The van der Waals surface area contributed by atoms with Crippen LogP contribution < -0.4 is 4.74 Å². The van der Waals surface area contributed by atoms with Crippen LogP contribution in [-0.4, -0.2) is 57.4 Å². The fourth-order valence-electron chi connectivity index (χ4n) is 3.81. The zero-order chi connectivity index (χ0) is 21.4. The first-order valence-corrected chi connectivity index (χ1v) is 9.84. The Hall–Kier alpha value is -3.50. The van der Waals surface area contributed by atoms with Crippen molar-refractivity contribution in [3.63, 3.8) is 0 Å². The molecule has 0 aliphatic carbocycles. The number of benzene rings is 1. The third-order valence-corrected chi connectivity index (χ3v) is 5.25. The maximum absolute atomic E-state index is 5.47. The number of methoxy groups -OCH3 is 3. The molecule has 4 heterocycles. The molecule has 3 aromatic heterocycles. The first-order valence-electron chi connectivity index (χ1n) is 9.84. The third-order valence-electron chi connectivity index (χ3n) is 5.25. The predicted molar refractivity (Wildman–Crippen MR) is 110 cm³/mol. The fourth-order valence-corrected chi connectivity index (χ4v) is 3.81. The minimum atomic E-state index is 0.276. The Morgan fingerprint density at radius 3 is 2.84 bits per heavy atom. The van der Waals surface area contributed by atoms with Crippen LogP contribution in [0.3, 0.4) is 0 Å². The number of aromatic nitrogens is 6. The van der Waals surface area contributed by atoms with Gasteiger partial charge in [0.05, 0.1) is 37.3 Å². The summed E-state index contributed by atoms with van der Waals surface area (Å²) in [4.78, 5) is 9.03. The van der Waals surface area contributed by atoms with Crippen LogP contribution in [0.2, 0.25) is 0 Å². The highest BCUT2D eigenvalue weighted by Gasteiger charge is 2.27. The normalized spacial score (nSPS) is 12.2. The quantitative estimate of drug-likeness (QED) is 0.394. The average Bonchev–Trinajstić information content (AvgIpc) is 3.50. The van der Waals surface area contributed by atoms with Gasteiger partial charge in [-0.05, 0) is 18.2 Å². The van der Waals surface area contributed by atoms with E-state index in [-0.39, 0.29) is 6.61 Å². The van der Waals surface area contributed by atoms with Crippen molar-refractivity contribution in [2.75, 3.05) is 27.9 Å². The number of hydrogen-bond acceptors (Lipinski definition) is 8. The van der Waals surface area contributed by atoms with Gasteiger partial charge in [-0.2, -0.15) is 10.1 Å². The minimum absolute atomic E-state index is 0.276. The summed E-state index contributed by atoms with van der Waals surface area (Å²) in [5.41, 5.74) is 5.51. The van der Waals surface area contributed by atoms with Gasteiger partial charge in [0.1, 0.15) is 18.7 Å². The van der Waals surface area contributed by atoms with Gasteiger partial charge in [-0.3, -0.25) is 4.68 Å². The maximum atomic E-state index is 5.47. The zero-order valence-electron chi connectivity index (χ0n) is 17.5. The van der Waals surface area contributed by atoms with Crippen molar-refractivity contribution in [2.45, 2.75) is 19.6 Å². The van der Waals surface area contributed by atoms with E-state index in [2.05, 4.69) is 15.1 Å². The molecular weight excluding hydrogens is 400 g/mol. The summed E-state index contributed by atoms with van der Waals surface area (Å²) in [6.45, 7) is 1.52. The highest BCUT2D eigenvalue weighted by Crippen LogP contribution is 2.38. The number of imidazole rings is 1. The molecule has 1 aliphatic heterocycles. The van der Waals surface area contributed by atoms with Gasteiger partial charge in [0.25, 0.3) is 5.89 Å². The lowest BCUT2D eigenvalue weighted by Gasteiger charge is -2.11. The molecular formula is C21H22N6O4. The first kappa shape index (κ1) is 19.5. The second kappa shape index (κ2) is 7.97. The molecule has 0 spiro atoms. The summed E-state index contributed by atoms with van der Waals surface area (Å²) in [5, 5.41) is 8.81. The van der Waals surface area contributed by atoms with Gasteiger partial charge in [-0.1, -0.05) is 5.16 Å². The molecule has 0 amide bonds. The number of hydrogen-bond donors (Lipinski definition) is 0. The summed E-state index contributed by atoms with van der Waals surface area (Å²) in [6, 6.07) is 5.94. The molecule has 0 atom stereocenters. The summed E-state index contributed by atoms with van der Waals surface area (Å²) < 4.78 is 25.2. The minimum Gasteiger partial charge on any atom is -0.497 e. The molecule has 0 N–H and O–H groups in total. The van der Waals surface area contributed by atoms with Gasteiger partial charge in [-0.15, -0.1) is 0 Å². The van der Waals surface area contributed by atoms with Gasteiger partial charge < -0.3 is 23.3 Å². The Labute approximate surface area is 178 Å². The van der Waals surface area contributed by atoms with E-state index in [1.165, 1.54) is 0 Å². The van der Waals surface area contributed by atoms with E-state index < -0.39 is 0 Å². The van der Waals surface area contributed by atoms with Crippen LogP contribution in [0.1, 0.15) is 17.1 Å². The summed E-state index contributed by atoms with van der Waals surface area (Å²) in [5.74, 6) is 1.61. The van der Waals surface area contributed by atoms with E-state index in [1.807, 2.05) is 33.6 Å². The number of fused-ring (bicyclic) bond motifs is 5. The molecule has 4 aromatic rings. The van der Waals surface area contributed by atoms with Gasteiger partial charge in [-0.25, -0.2) is 4.98 Å². The molecule has 5 rings (SSSR count). The molecule has 0 bridgehead atoms. The molecule has 31 heavy (non-hydrogen) atoms. The third kappa shape index (κ3) is 3.39. The Kier molecular flexibility index (Phi) is 5.00. The van der Waals surface area contributed by atoms with Crippen molar-refractivity contribution in [3.8, 4) is 34.3 Å². The highest BCUT2D eigenvalue weighted by molar-refractivity contribution is 5.77. The molecule has 0 saturated heterocycles. The summed E-state index contributed by atoms with van der Waals surface area (Å²) in [6.07, 6.45) is 4.44. The van der Waals surface area contributed by atoms with Gasteiger partial charge in [0, 0.05) is 38.0 Å². The number of nitrogens with zero attached hydrogens (tertiary/aromatic N) is 6. The average molecular weight is 422 g/mol. The van der Waals surface area contributed by atoms with Crippen molar-refractivity contribution < 1.29 is 18.7 Å². The lowest BCUT2D eigenvalue weighted by Crippen LogP contribution is -2.05. The van der Waals surface area contributed by atoms with Crippen LogP contribution in [-0.2, 0) is 29.0 Å². The highest BCUT2D eigenvalue weighted by atomic mass is 16.5. The fraction of sp³-hybridized carbons (Fsp3) is 0.333. The summed E-state index contributed by atoms with van der Waals surface area (Å²) in [7, 11) is 4.93.